The van der Waals surface area contributed by atoms with Gasteiger partial charge in [0.2, 0.25) is 0 Å². The highest BCUT2D eigenvalue weighted by molar-refractivity contribution is 9.10. The fraction of sp³-hybridized carbons (Fsp3) is 0.115. The molecule has 0 aliphatic heterocycles. The number of amides is 1. The van der Waals surface area contributed by atoms with Crippen LogP contribution in [-0.2, 0) is 11.0 Å². The molecule has 0 saturated heterocycles. The zero-order chi connectivity index (χ0) is 26.2. The molecule has 4 rings (SSSR count). The Kier molecular flexibility index (Phi) is 6.81. The van der Waals surface area contributed by atoms with Gasteiger partial charge in [-0.05, 0) is 73.5 Å². The predicted octanol–water partition coefficient (Wildman–Crippen LogP) is 7.39. The summed E-state index contributed by atoms with van der Waals surface area (Å²) in [6.45, 7) is 3.89. The van der Waals surface area contributed by atoms with Gasteiger partial charge in [-0.1, -0.05) is 15.9 Å². The third-order valence-corrected chi connectivity index (χ3v) is 5.88. The number of aryl methyl sites for hydroxylation is 2. The zero-order valence-corrected chi connectivity index (χ0v) is 20.4. The summed E-state index contributed by atoms with van der Waals surface area (Å²) in [6, 6.07) is 11.5. The standard InChI is InChI=1S/C26H17BrF4N2O3/c1-13-7-20-22(8-14(13)2)32-6-5-23(20)36-18-3-4-19(21(28)12-18)24(34)25(35)33-17-10-15(26(29,30)31)9-16(27)11-17/h3-12H,1-2H3,(H,33,35). The van der Waals surface area contributed by atoms with Gasteiger partial charge in [-0.3, -0.25) is 14.6 Å². The van der Waals surface area contributed by atoms with Gasteiger partial charge in [0, 0.05) is 27.8 Å². The number of benzene rings is 3. The van der Waals surface area contributed by atoms with Gasteiger partial charge in [0.1, 0.15) is 17.3 Å². The van der Waals surface area contributed by atoms with Crippen LogP contribution in [0.3, 0.4) is 0 Å². The van der Waals surface area contributed by atoms with E-state index in [0.29, 0.717) is 22.7 Å². The first-order valence-electron chi connectivity index (χ1n) is 10.5. The van der Waals surface area contributed by atoms with Crippen LogP contribution in [0, 0.1) is 19.7 Å². The van der Waals surface area contributed by atoms with E-state index in [1.165, 1.54) is 12.1 Å². The Hall–Kier alpha value is -3.79. The maximum Gasteiger partial charge on any atom is 0.416 e. The highest BCUT2D eigenvalue weighted by Gasteiger charge is 2.31. The van der Waals surface area contributed by atoms with Crippen molar-refractivity contribution in [2.24, 2.45) is 0 Å². The molecule has 1 heterocycles. The first-order valence-corrected chi connectivity index (χ1v) is 11.3. The molecule has 0 unspecified atom stereocenters. The number of ketones is 1. The number of fused-ring (bicyclic) bond motifs is 1. The first-order chi connectivity index (χ1) is 16.9. The number of nitrogens with zero attached hydrogens (tertiary/aromatic N) is 1. The van der Waals surface area contributed by atoms with Crippen molar-refractivity contribution in [3.05, 3.63) is 93.3 Å². The summed E-state index contributed by atoms with van der Waals surface area (Å²) in [7, 11) is 0. The van der Waals surface area contributed by atoms with Crippen LogP contribution < -0.4 is 10.1 Å². The van der Waals surface area contributed by atoms with Crippen molar-refractivity contribution in [3.63, 3.8) is 0 Å². The largest absolute Gasteiger partial charge is 0.456 e. The van der Waals surface area contributed by atoms with E-state index in [0.717, 1.165) is 29.3 Å². The fourth-order valence-electron chi connectivity index (χ4n) is 3.48. The molecule has 184 valence electrons. The van der Waals surface area contributed by atoms with Crippen molar-refractivity contribution in [3.8, 4) is 11.5 Å². The minimum atomic E-state index is -4.66. The Morgan fingerprint density at radius 1 is 0.972 bits per heavy atom. The lowest BCUT2D eigenvalue weighted by atomic mass is 10.1. The second kappa shape index (κ2) is 9.69. The molecule has 0 atom stereocenters. The fourth-order valence-corrected chi connectivity index (χ4v) is 3.97. The first kappa shape index (κ1) is 25.3. The summed E-state index contributed by atoms with van der Waals surface area (Å²) in [5.74, 6) is -3.07. The van der Waals surface area contributed by atoms with Gasteiger partial charge in [0.05, 0.1) is 16.6 Å². The average Bonchev–Trinajstić information content (AvgIpc) is 2.79. The Labute approximate surface area is 211 Å². The van der Waals surface area contributed by atoms with E-state index in [1.807, 2.05) is 26.0 Å². The summed E-state index contributed by atoms with van der Waals surface area (Å²) >= 11 is 2.93. The molecule has 0 radical (unpaired) electrons. The van der Waals surface area contributed by atoms with Crippen LogP contribution in [-0.4, -0.2) is 16.7 Å². The molecule has 1 amide bonds. The van der Waals surface area contributed by atoms with Gasteiger partial charge in [-0.2, -0.15) is 13.2 Å². The quantitative estimate of drug-likeness (QED) is 0.157. The summed E-state index contributed by atoms with van der Waals surface area (Å²) < 4.78 is 59.7. The molecule has 0 bridgehead atoms. The molecule has 1 N–H and O–H groups in total. The number of pyridine rings is 1. The molecule has 0 aliphatic rings. The molecule has 3 aromatic carbocycles. The van der Waals surface area contributed by atoms with Gasteiger partial charge >= 0.3 is 6.18 Å². The molecule has 0 saturated carbocycles. The van der Waals surface area contributed by atoms with Gasteiger partial charge in [0.15, 0.2) is 0 Å². The molecule has 10 heteroatoms. The summed E-state index contributed by atoms with van der Waals surface area (Å²) in [5, 5.41) is 2.80. The number of carbonyl (C=O) groups excluding carboxylic acids is 2. The van der Waals surface area contributed by atoms with Gasteiger partial charge in [-0.15, -0.1) is 0 Å². The average molecular weight is 561 g/mol. The highest BCUT2D eigenvalue weighted by Crippen LogP contribution is 2.34. The van der Waals surface area contributed by atoms with E-state index in [4.69, 9.17) is 4.74 Å². The molecule has 5 nitrogen and oxygen atoms in total. The van der Waals surface area contributed by atoms with Gasteiger partial charge in [0.25, 0.3) is 11.7 Å². The topological polar surface area (TPSA) is 68.3 Å². The highest BCUT2D eigenvalue weighted by atomic mass is 79.9. The zero-order valence-electron chi connectivity index (χ0n) is 18.8. The summed E-state index contributed by atoms with van der Waals surface area (Å²) in [6.07, 6.45) is -3.11. The molecule has 0 spiro atoms. The molecular formula is C26H17BrF4N2O3. The van der Waals surface area contributed by atoms with Gasteiger partial charge in [-0.25, -0.2) is 4.39 Å². The monoisotopic (exact) mass is 560 g/mol. The van der Waals surface area contributed by atoms with Crippen molar-refractivity contribution in [2.75, 3.05) is 5.32 Å². The normalized spacial score (nSPS) is 11.4. The van der Waals surface area contributed by atoms with E-state index >= 15 is 0 Å². The van der Waals surface area contributed by atoms with Crippen LogP contribution in [0.2, 0.25) is 0 Å². The van der Waals surface area contributed by atoms with Crippen LogP contribution >= 0.6 is 15.9 Å². The Morgan fingerprint density at radius 3 is 2.39 bits per heavy atom. The summed E-state index contributed by atoms with van der Waals surface area (Å²) in [4.78, 5) is 29.2. The van der Waals surface area contributed by atoms with E-state index in [-0.39, 0.29) is 15.9 Å². The molecule has 0 aliphatic carbocycles. The third-order valence-electron chi connectivity index (χ3n) is 5.42. The number of nitrogens with one attached hydrogen (secondary N) is 1. The number of ether oxygens (including phenoxy) is 1. The SMILES string of the molecule is Cc1cc2nccc(Oc3ccc(C(=O)C(=O)Nc4cc(Br)cc(C(F)(F)F)c4)c(F)c3)c2cc1C. The number of Topliss-reactive ketones (excluding diaryl/α,β-unsaturated/α-hetero) is 1. The number of hydrogen-bond donors (Lipinski definition) is 1. The number of alkyl halides is 3. The number of rotatable bonds is 5. The maximum absolute atomic E-state index is 14.8. The molecule has 0 fully saturated rings. The lowest BCUT2D eigenvalue weighted by Gasteiger charge is -2.12. The minimum absolute atomic E-state index is 0.0433. The molecule has 1 aromatic heterocycles. The van der Waals surface area contributed by atoms with Crippen molar-refractivity contribution in [1.82, 2.24) is 4.98 Å². The predicted molar refractivity (Wildman–Crippen MR) is 130 cm³/mol. The second-order valence-electron chi connectivity index (χ2n) is 8.02. The lowest BCUT2D eigenvalue weighted by molar-refractivity contribution is -0.137. The van der Waals surface area contributed by atoms with E-state index in [9.17, 15) is 27.2 Å². The minimum Gasteiger partial charge on any atom is -0.456 e. The van der Waals surface area contributed by atoms with E-state index in [2.05, 4.69) is 26.2 Å². The van der Waals surface area contributed by atoms with Crippen LogP contribution in [0.1, 0.15) is 27.0 Å². The van der Waals surface area contributed by atoms with Crippen LogP contribution in [0.15, 0.2) is 65.3 Å². The van der Waals surface area contributed by atoms with E-state index < -0.39 is 34.8 Å². The number of halogens is 5. The summed E-state index contributed by atoms with van der Waals surface area (Å²) in [5.41, 5.74) is 0.910. The Balaban J connectivity index is 1.55. The van der Waals surface area contributed by atoms with E-state index in [1.54, 1.807) is 12.3 Å². The number of aromatic nitrogens is 1. The van der Waals surface area contributed by atoms with Crippen LogP contribution in [0.4, 0.5) is 23.2 Å². The number of hydrogen-bond acceptors (Lipinski definition) is 4. The van der Waals surface area contributed by atoms with Crippen molar-refractivity contribution < 1.29 is 31.9 Å². The number of carbonyl (C=O) groups is 2. The lowest BCUT2D eigenvalue weighted by Crippen LogP contribution is -2.24. The molecule has 36 heavy (non-hydrogen) atoms. The van der Waals surface area contributed by atoms with Gasteiger partial charge < -0.3 is 10.1 Å². The Morgan fingerprint density at radius 2 is 1.69 bits per heavy atom. The maximum atomic E-state index is 14.8. The van der Waals surface area contributed by atoms with Crippen LogP contribution in [0.5, 0.6) is 11.5 Å². The van der Waals surface area contributed by atoms with Crippen molar-refractivity contribution >= 4 is 44.2 Å². The van der Waals surface area contributed by atoms with Crippen LogP contribution in [0.25, 0.3) is 10.9 Å². The number of anilines is 1. The third kappa shape index (κ3) is 5.38. The smallest absolute Gasteiger partial charge is 0.416 e. The molecular weight excluding hydrogens is 544 g/mol. The Bertz CT molecular complexity index is 1520. The second-order valence-corrected chi connectivity index (χ2v) is 8.93. The molecule has 4 aromatic rings. The van der Waals surface area contributed by atoms with Crippen molar-refractivity contribution in [2.45, 2.75) is 20.0 Å². The van der Waals surface area contributed by atoms with Crippen molar-refractivity contribution in [1.29, 1.82) is 0 Å².